The van der Waals surface area contributed by atoms with Crippen molar-refractivity contribution in [3.63, 3.8) is 0 Å². The van der Waals surface area contributed by atoms with Crippen LogP contribution in [-0.4, -0.2) is 55.5 Å². The molecule has 9 heteroatoms. The fourth-order valence-corrected chi connectivity index (χ4v) is 4.49. The van der Waals surface area contributed by atoms with Gasteiger partial charge in [0.05, 0.1) is 24.3 Å². The summed E-state index contributed by atoms with van der Waals surface area (Å²) >= 11 is 0. The third-order valence-corrected chi connectivity index (χ3v) is 6.45. The second kappa shape index (κ2) is 13.3. The molecular weight excluding hydrogens is 489 g/mol. The van der Waals surface area contributed by atoms with Crippen LogP contribution in [0.2, 0.25) is 0 Å². The van der Waals surface area contributed by atoms with Crippen molar-refractivity contribution in [1.82, 2.24) is 14.9 Å². The Bertz CT molecular complexity index is 1210. The molecule has 204 valence electrons. The number of carboxylic acids is 1. The molecule has 0 aliphatic carbocycles. The van der Waals surface area contributed by atoms with Gasteiger partial charge < -0.3 is 25.2 Å². The first-order valence-corrected chi connectivity index (χ1v) is 12.8. The van der Waals surface area contributed by atoms with Crippen LogP contribution in [0, 0.1) is 5.82 Å². The van der Waals surface area contributed by atoms with E-state index in [-0.39, 0.29) is 42.8 Å². The lowest BCUT2D eigenvalue weighted by Crippen LogP contribution is -2.29. The number of aliphatic hydroxyl groups excluding tert-OH is 2. The Hall–Kier alpha value is -3.56. The van der Waals surface area contributed by atoms with Gasteiger partial charge in [-0.3, -0.25) is 9.59 Å². The predicted octanol–water partition coefficient (Wildman–Crippen LogP) is 4.32. The number of rotatable bonds is 13. The maximum absolute atomic E-state index is 13.6. The molecule has 0 saturated carbocycles. The second-order valence-electron chi connectivity index (χ2n) is 9.93. The highest BCUT2D eigenvalue weighted by Crippen LogP contribution is 2.29. The summed E-state index contributed by atoms with van der Waals surface area (Å²) in [6.07, 6.45) is -2.47. The number of carbonyl (C=O) groups excluding carboxylic acids is 1. The molecule has 0 saturated heterocycles. The van der Waals surface area contributed by atoms with Gasteiger partial charge in [-0.1, -0.05) is 51.1 Å². The summed E-state index contributed by atoms with van der Waals surface area (Å²) in [5, 5.41) is 32.2. The second-order valence-corrected chi connectivity index (χ2v) is 9.93. The van der Waals surface area contributed by atoms with Gasteiger partial charge in [0.1, 0.15) is 17.3 Å². The first-order chi connectivity index (χ1) is 18.1. The van der Waals surface area contributed by atoms with E-state index in [0.717, 1.165) is 5.56 Å². The van der Waals surface area contributed by atoms with Gasteiger partial charge in [0.15, 0.2) is 0 Å². The number of carboxylic acid groups (broad SMARTS) is 1. The molecule has 0 aliphatic rings. The zero-order valence-electron chi connectivity index (χ0n) is 22.0. The summed E-state index contributed by atoms with van der Waals surface area (Å²) in [5.74, 6) is -1.40. The fourth-order valence-electron chi connectivity index (χ4n) is 4.49. The van der Waals surface area contributed by atoms with E-state index in [1.54, 1.807) is 12.1 Å². The average Bonchev–Trinajstić information content (AvgIpc) is 3.26. The Morgan fingerprint density at radius 1 is 1.00 bits per heavy atom. The van der Waals surface area contributed by atoms with Crippen molar-refractivity contribution in [3.05, 3.63) is 77.4 Å². The van der Waals surface area contributed by atoms with Gasteiger partial charge >= 0.3 is 5.97 Å². The zero-order chi connectivity index (χ0) is 27.8. The summed E-state index contributed by atoms with van der Waals surface area (Å²) in [4.78, 5) is 28.9. The number of hydrogen-bond donors (Lipinski definition) is 4. The van der Waals surface area contributed by atoms with Crippen molar-refractivity contribution in [2.75, 3.05) is 6.54 Å². The Morgan fingerprint density at radius 2 is 1.66 bits per heavy atom. The van der Waals surface area contributed by atoms with E-state index >= 15 is 0 Å². The Balaban J connectivity index is 1.88. The normalized spacial score (nSPS) is 13.8. The van der Waals surface area contributed by atoms with Crippen LogP contribution in [-0.2, 0) is 11.3 Å². The molecule has 8 nitrogen and oxygen atoms in total. The number of hydrogen-bond acceptors (Lipinski definition) is 5. The molecule has 4 N–H and O–H groups in total. The van der Waals surface area contributed by atoms with E-state index in [1.165, 1.54) is 12.1 Å². The largest absolute Gasteiger partial charge is 0.481 e. The molecule has 3 atom stereocenters. The highest BCUT2D eigenvalue weighted by molar-refractivity contribution is 5.94. The molecule has 1 aromatic heterocycles. The molecule has 3 rings (SSSR count). The van der Waals surface area contributed by atoms with Gasteiger partial charge in [0.25, 0.3) is 5.91 Å². The Kier molecular flexibility index (Phi) is 10.2. The summed E-state index contributed by atoms with van der Waals surface area (Å²) < 4.78 is 15.5. The molecule has 2 aromatic carbocycles. The van der Waals surface area contributed by atoms with Crippen LogP contribution in [0.1, 0.15) is 73.6 Å². The van der Waals surface area contributed by atoms with Gasteiger partial charge in [-0.25, -0.2) is 9.37 Å². The van der Waals surface area contributed by atoms with E-state index in [4.69, 9.17) is 5.11 Å². The number of nitrogens with zero attached hydrogens (tertiary/aromatic N) is 2. The molecular formula is C29H36FN3O5. The minimum atomic E-state index is -1.17. The van der Waals surface area contributed by atoms with Gasteiger partial charge in [0, 0.05) is 18.7 Å². The number of amides is 1. The van der Waals surface area contributed by atoms with Crippen molar-refractivity contribution in [2.24, 2.45) is 0 Å². The molecule has 3 aromatic rings. The molecule has 1 amide bonds. The number of benzene rings is 2. The quantitative estimate of drug-likeness (QED) is 0.263. The maximum atomic E-state index is 13.6. The monoisotopic (exact) mass is 525 g/mol. The van der Waals surface area contributed by atoms with Crippen LogP contribution in [0.5, 0.6) is 0 Å². The van der Waals surface area contributed by atoms with Crippen LogP contribution < -0.4 is 5.32 Å². The Labute approximate surface area is 222 Å². The highest BCUT2D eigenvalue weighted by Gasteiger charge is 2.26. The lowest BCUT2D eigenvalue weighted by atomic mass is 10.0. The van der Waals surface area contributed by atoms with Crippen molar-refractivity contribution < 1.29 is 29.3 Å². The summed E-state index contributed by atoms with van der Waals surface area (Å²) in [6, 6.07) is 15.7. The third kappa shape index (κ3) is 7.72. The number of nitrogens with one attached hydrogen (secondary N) is 1. The topological polar surface area (TPSA) is 125 Å². The van der Waals surface area contributed by atoms with Gasteiger partial charge in [-0.05, 0) is 54.5 Å². The van der Waals surface area contributed by atoms with Gasteiger partial charge in [-0.15, -0.1) is 0 Å². The van der Waals surface area contributed by atoms with Crippen LogP contribution in [0.3, 0.4) is 0 Å². The van der Waals surface area contributed by atoms with Crippen molar-refractivity contribution in [1.29, 1.82) is 0 Å². The average molecular weight is 526 g/mol. The molecule has 0 spiro atoms. The molecule has 0 bridgehead atoms. The van der Waals surface area contributed by atoms with E-state index in [2.05, 4.69) is 10.3 Å². The fraction of sp³-hybridized carbons (Fsp3) is 0.414. The lowest BCUT2D eigenvalue weighted by Gasteiger charge is -2.19. The number of aliphatic hydroxyl groups is 2. The predicted molar refractivity (Wildman–Crippen MR) is 142 cm³/mol. The lowest BCUT2D eigenvalue weighted by molar-refractivity contribution is -0.139. The molecule has 38 heavy (non-hydrogen) atoms. The maximum Gasteiger partial charge on any atom is 0.305 e. The first kappa shape index (κ1) is 29.0. The standard InChI is InChI=1S/C29H36FN3O5/c1-18(2)27-26(29(38)31-17-19(3)20-7-5-4-6-8-20)32-28(21-9-11-22(30)12-10-21)33(27)14-13-23(34)15-24(35)16-25(36)37/h4-12,18-19,23-24,34-35H,13-17H2,1-3H3,(H,31,38)(H,36,37)/t19?,23-,24-/m1/s1. The minimum absolute atomic E-state index is 0.0887. The molecule has 0 aliphatic heterocycles. The zero-order valence-corrected chi connectivity index (χ0v) is 22.0. The summed E-state index contributed by atoms with van der Waals surface area (Å²) in [5.41, 5.74) is 2.66. The highest BCUT2D eigenvalue weighted by atomic mass is 19.1. The van der Waals surface area contributed by atoms with Gasteiger partial charge in [0.2, 0.25) is 0 Å². The Morgan fingerprint density at radius 3 is 2.26 bits per heavy atom. The van der Waals surface area contributed by atoms with Crippen LogP contribution in [0.25, 0.3) is 11.4 Å². The number of aromatic nitrogens is 2. The number of carbonyl (C=O) groups is 2. The van der Waals surface area contributed by atoms with Crippen molar-refractivity contribution >= 4 is 11.9 Å². The minimum Gasteiger partial charge on any atom is -0.481 e. The van der Waals surface area contributed by atoms with Crippen molar-refractivity contribution in [3.8, 4) is 11.4 Å². The molecule has 0 radical (unpaired) electrons. The molecule has 1 unspecified atom stereocenters. The third-order valence-electron chi connectivity index (χ3n) is 6.45. The van der Waals surface area contributed by atoms with E-state index < -0.39 is 30.4 Å². The van der Waals surface area contributed by atoms with Gasteiger partial charge in [-0.2, -0.15) is 0 Å². The SMILES string of the molecule is CC(C)c1c(C(=O)NCC(C)c2ccccc2)nc(-c2ccc(F)cc2)n1CC[C@@H](O)C[C@@H](O)CC(=O)O. The van der Waals surface area contributed by atoms with Crippen LogP contribution in [0.4, 0.5) is 4.39 Å². The van der Waals surface area contributed by atoms with E-state index in [0.29, 0.717) is 23.6 Å². The number of imidazole rings is 1. The number of aliphatic carboxylic acids is 1. The molecule has 0 fully saturated rings. The van der Waals surface area contributed by atoms with Crippen LogP contribution >= 0.6 is 0 Å². The number of halogens is 1. The van der Waals surface area contributed by atoms with Crippen molar-refractivity contribution in [2.45, 2.75) is 70.6 Å². The smallest absolute Gasteiger partial charge is 0.305 e. The first-order valence-electron chi connectivity index (χ1n) is 12.8. The van der Waals surface area contributed by atoms with E-state index in [1.807, 2.05) is 55.7 Å². The van der Waals surface area contributed by atoms with E-state index in [9.17, 15) is 24.2 Å². The summed E-state index contributed by atoms with van der Waals surface area (Å²) in [7, 11) is 0. The molecule has 1 heterocycles. The summed E-state index contributed by atoms with van der Waals surface area (Å²) in [6.45, 7) is 6.60. The van der Waals surface area contributed by atoms with Crippen LogP contribution in [0.15, 0.2) is 54.6 Å².